The van der Waals surface area contributed by atoms with Gasteiger partial charge in [0, 0.05) is 41.7 Å². The van der Waals surface area contributed by atoms with Gasteiger partial charge in [0.05, 0.1) is 6.61 Å². The monoisotopic (exact) mass is 564 g/mol. The molecule has 0 bridgehead atoms. The second-order valence-electron chi connectivity index (χ2n) is 9.00. The van der Waals surface area contributed by atoms with Crippen molar-refractivity contribution in [1.29, 1.82) is 0 Å². The Morgan fingerprint density at radius 3 is 1.77 bits per heavy atom. The van der Waals surface area contributed by atoms with Crippen molar-refractivity contribution in [3.8, 4) is 0 Å². The third-order valence-corrected chi connectivity index (χ3v) is 5.82. The van der Waals surface area contributed by atoms with E-state index in [4.69, 9.17) is 33.2 Å². The van der Waals surface area contributed by atoms with Crippen molar-refractivity contribution < 1.29 is 67.3 Å². The van der Waals surface area contributed by atoms with Gasteiger partial charge < -0.3 is 54.0 Å². The molecule has 0 radical (unpaired) electrons. The molecule has 2 aliphatic heterocycles. The van der Waals surface area contributed by atoms with E-state index in [1.807, 2.05) is 0 Å². The number of carbonyl (C=O) groups excluding carboxylic acids is 5. The van der Waals surface area contributed by atoms with E-state index in [9.17, 15) is 34.2 Å². The SMILES string of the molecule is CO[C@@H]1O[C@H](CO)[C@H](O[C@@H]2O[C@H](COC(C)=O)[C@H](OC(C)=O)[C@H](OC(C)=O)[C@@H]2NC(C)=O)[C@H](O)[C@@H]1NC(C)=O. The average Bonchev–Trinajstić information content (AvgIpc) is 2.82. The Hall–Kier alpha value is -2.89. The Morgan fingerprint density at radius 1 is 0.744 bits per heavy atom. The lowest BCUT2D eigenvalue weighted by atomic mass is 9.94. The van der Waals surface area contributed by atoms with E-state index in [-0.39, 0.29) is 0 Å². The van der Waals surface area contributed by atoms with E-state index in [1.165, 1.54) is 21.0 Å². The lowest BCUT2D eigenvalue weighted by Gasteiger charge is -2.48. The highest BCUT2D eigenvalue weighted by Crippen LogP contribution is 2.32. The zero-order chi connectivity index (χ0) is 29.4. The van der Waals surface area contributed by atoms with Gasteiger partial charge in [-0.3, -0.25) is 24.0 Å². The molecule has 16 nitrogen and oxygen atoms in total. The van der Waals surface area contributed by atoms with Crippen molar-refractivity contribution in [3.05, 3.63) is 0 Å². The Kier molecular flexibility index (Phi) is 12.0. The molecule has 0 spiro atoms. The van der Waals surface area contributed by atoms with Gasteiger partial charge >= 0.3 is 17.9 Å². The molecule has 4 N–H and O–H groups in total. The van der Waals surface area contributed by atoms with Crippen LogP contribution in [0.4, 0.5) is 0 Å². The fourth-order valence-electron chi connectivity index (χ4n) is 4.39. The lowest BCUT2D eigenvalue weighted by Crippen LogP contribution is -2.70. The van der Waals surface area contributed by atoms with Gasteiger partial charge in [0.15, 0.2) is 24.8 Å². The zero-order valence-electron chi connectivity index (χ0n) is 22.5. The maximum atomic E-state index is 12.1. The number of aliphatic hydroxyl groups is 2. The topological polar surface area (TPSA) is 214 Å². The van der Waals surface area contributed by atoms with Crippen LogP contribution in [0, 0.1) is 0 Å². The van der Waals surface area contributed by atoms with Crippen LogP contribution in [0.15, 0.2) is 0 Å². The smallest absolute Gasteiger partial charge is 0.303 e. The van der Waals surface area contributed by atoms with Crippen molar-refractivity contribution in [2.75, 3.05) is 20.3 Å². The molecule has 2 heterocycles. The highest BCUT2D eigenvalue weighted by Gasteiger charge is 2.54. The fraction of sp³-hybridized carbons (Fsp3) is 0.783. The number of rotatable bonds is 10. The molecule has 2 fully saturated rings. The molecule has 16 heteroatoms. The van der Waals surface area contributed by atoms with Crippen LogP contribution in [-0.2, 0) is 57.1 Å². The molecule has 2 amide bonds. The molecule has 0 aromatic carbocycles. The Morgan fingerprint density at radius 2 is 1.28 bits per heavy atom. The quantitative estimate of drug-likeness (QED) is 0.156. The minimum atomic E-state index is -1.54. The van der Waals surface area contributed by atoms with E-state index >= 15 is 0 Å². The molecule has 39 heavy (non-hydrogen) atoms. The van der Waals surface area contributed by atoms with Crippen molar-refractivity contribution in [3.63, 3.8) is 0 Å². The van der Waals surface area contributed by atoms with Crippen LogP contribution in [0.1, 0.15) is 34.6 Å². The van der Waals surface area contributed by atoms with Gasteiger partial charge in [-0.05, 0) is 0 Å². The normalized spacial score (nSPS) is 34.4. The number of amides is 2. The van der Waals surface area contributed by atoms with Gasteiger partial charge in [-0.1, -0.05) is 0 Å². The molecular weight excluding hydrogens is 528 g/mol. The summed E-state index contributed by atoms with van der Waals surface area (Å²) in [6.07, 6.45) is -10.8. The first-order chi connectivity index (χ1) is 18.3. The van der Waals surface area contributed by atoms with Crippen LogP contribution >= 0.6 is 0 Å². The maximum Gasteiger partial charge on any atom is 0.303 e. The number of ether oxygens (including phenoxy) is 7. The first kappa shape index (κ1) is 32.3. The van der Waals surface area contributed by atoms with Crippen molar-refractivity contribution in [2.24, 2.45) is 0 Å². The third kappa shape index (κ3) is 8.81. The predicted molar refractivity (Wildman–Crippen MR) is 125 cm³/mol. The number of carbonyl (C=O) groups is 5. The van der Waals surface area contributed by atoms with E-state index < -0.39 is 104 Å². The predicted octanol–water partition coefficient (Wildman–Crippen LogP) is -2.74. The van der Waals surface area contributed by atoms with Crippen LogP contribution < -0.4 is 10.6 Å². The first-order valence-corrected chi connectivity index (χ1v) is 12.1. The number of methoxy groups -OCH3 is 1. The largest absolute Gasteiger partial charge is 0.463 e. The molecule has 0 aromatic heterocycles. The van der Waals surface area contributed by atoms with Gasteiger partial charge in [0.25, 0.3) is 0 Å². The van der Waals surface area contributed by atoms with E-state index in [0.29, 0.717) is 0 Å². The highest BCUT2D eigenvalue weighted by molar-refractivity contribution is 5.74. The van der Waals surface area contributed by atoms with Crippen molar-refractivity contribution in [1.82, 2.24) is 10.6 Å². The van der Waals surface area contributed by atoms with Gasteiger partial charge in [0.2, 0.25) is 11.8 Å². The molecule has 0 saturated carbocycles. The summed E-state index contributed by atoms with van der Waals surface area (Å²) < 4.78 is 38.6. The van der Waals surface area contributed by atoms with E-state index in [2.05, 4.69) is 10.6 Å². The summed E-state index contributed by atoms with van der Waals surface area (Å²) in [5, 5.41) is 26.1. The molecule has 0 aliphatic carbocycles. The molecule has 10 atom stereocenters. The summed E-state index contributed by atoms with van der Waals surface area (Å²) in [4.78, 5) is 59.3. The highest BCUT2D eigenvalue weighted by atomic mass is 16.7. The molecular formula is C23H36N2O14. The summed E-state index contributed by atoms with van der Waals surface area (Å²) in [5.74, 6) is -3.40. The molecule has 2 saturated heterocycles. The Balaban J connectivity index is 2.51. The standard InChI is InChI=1S/C23H36N2O14/c1-9(27)24-16-18(32)19(14(7-26)37-22(16)33-6)39-23-17(25-10(2)28)21(36-13(5)31)20(35-12(4)30)15(38-23)8-34-11(3)29/h14-23,26,32H,7-8H2,1-6H3,(H,24,27)(H,25,28)/t14-,15-,16+,17+,18-,19+,20+,21-,22-,23+/m1/s1. The van der Waals surface area contributed by atoms with Crippen molar-refractivity contribution in [2.45, 2.75) is 95.9 Å². The zero-order valence-corrected chi connectivity index (χ0v) is 22.5. The Bertz CT molecular complexity index is 900. The molecule has 2 rings (SSSR count). The number of esters is 3. The molecule has 0 aromatic rings. The average molecular weight is 565 g/mol. The minimum absolute atomic E-state index is 0.467. The van der Waals surface area contributed by atoms with Gasteiger partial charge in [-0.2, -0.15) is 0 Å². The molecule has 0 unspecified atom stereocenters. The second kappa shape index (κ2) is 14.5. The van der Waals surface area contributed by atoms with Crippen LogP contribution in [0.3, 0.4) is 0 Å². The minimum Gasteiger partial charge on any atom is -0.463 e. The Labute approximate surface area is 224 Å². The lowest BCUT2D eigenvalue weighted by molar-refractivity contribution is -0.331. The molecule has 2 aliphatic rings. The fourth-order valence-corrected chi connectivity index (χ4v) is 4.39. The number of hydrogen-bond acceptors (Lipinski definition) is 14. The summed E-state index contributed by atoms with van der Waals surface area (Å²) in [5.41, 5.74) is 0. The van der Waals surface area contributed by atoms with E-state index in [0.717, 1.165) is 20.8 Å². The number of hydrogen-bond donors (Lipinski definition) is 4. The van der Waals surface area contributed by atoms with Crippen LogP contribution in [-0.4, -0.2) is 122 Å². The van der Waals surface area contributed by atoms with Crippen LogP contribution in [0.2, 0.25) is 0 Å². The molecule has 222 valence electrons. The first-order valence-electron chi connectivity index (χ1n) is 12.1. The summed E-state index contributed by atoms with van der Waals surface area (Å²) in [6.45, 7) is 4.57. The van der Waals surface area contributed by atoms with Crippen LogP contribution in [0.25, 0.3) is 0 Å². The van der Waals surface area contributed by atoms with Gasteiger partial charge in [0.1, 0.15) is 43.1 Å². The third-order valence-electron chi connectivity index (χ3n) is 5.82. The van der Waals surface area contributed by atoms with Crippen LogP contribution in [0.5, 0.6) is 0 Å². The summed E-state index contributed by atoms with van der Waals surface area (Å²) in [7, 11) is 1.28. The maximum absolute atomic E-state index is 12.1. The summed E-state index contributed by atoms with van der Waals surface area (Å²) >= 11 is 0. The number of aliphatic hydroxyl groups excluding tert-OH is 2. The van der Waals surface area contributed by atoms with E-state index in [1.54, 1.807) is 0 Å². The summed E-state index contributed by atoms with van der Waals surface area (Å²) in [6, 6.07) is -2.46. The van der Waals surface area contributed by atoms with Crippen molar-refractivity contribution >= 4 is 29.7 Å². The van der Waals surface area contributed by atoms with Gasteiger partial charge in [-0.25, -0.2) is 0 Å². The number of nitrogens with one attached hydrogen (secondary N) is 2. The second-order valence-corrected chi connectivity index (χ2v) is 9.00. The van der Waals surface area contributed by atoms with Gasteiger partial charge in [-0.15, -0.1) is 0 Å².